The average Bonchev–Trinajstić information content (AvgIpc) is 2.33. The van der Waals surface area contributed by atoms with E-state index in [0.29, 0.717) is 16.4 Å². The summed E-state index contributed by atoms with van der Waals surface area (Å²) in [5.74, 6) is 0. The van der Waals surface area contributed by atoms with Gasteiger partial charge in [-0.1, -0.05) is 46.3 Å². The fourth-order valence-corrected chi connectivity index (χ4v) is 2.84. The van der Waals surface area contributed by atoms with Gasteiger partial charge >= 0.3 is 0 Å². The molecule has 0 aromatic carbocycles. The van der Waals surface area contributed by atoms with Crippen molar-refractivity contribution in [3.63, 3.8) is 0 Å². The Morgan fingerprint density at radius 3 is 2.21 bits per heavy atom. The molecule has 0 aliphatic carbocycles. The van der Waals surface area contributed by atoms with Crippen molar-refractivity contribution in [3.05, 3.63) is 0 Å². The lowest BCUT2D eigenvalue weighted by atomic mass is 9.92. The normalized spacial score (nSPS) is 20.4. The summed E-state index contributed by atoms with van der Waals surface area (Å²) < 4.78 is 0. The van der Waals surface area contributed by atoms with Crippen LogP contribution in [0.2, 0.25) is 0 Å². The molecule has 3 nitrogen and oxygen atoms in total. The monoisotopic (exact) mass is 285 g/mol. The Hall–Kier alpha value is -0.190. The summed E-state index contributed by atoms with van der Waals surface area (Å²) in [4.78, 5) is 5.72. The number of hydrogen-bond acceptors (Lipinski definition) is 3. The zero-order valence-electron chi connectivity index (χ0n) is 13.1. The third kappa shape index (κ3) is 6.19. The molecule has 2 N–H and O–H groups in total. The first-order chi connectivity index (χ1) is 8.83. The van der Waals surface area contributed by atoms with Crippen LogP contribution in [0.3, 0.4) is 0 Å². The van der Waals surface area contributed by atoms with Crippen LogP contribution in [0.4, 0.5) is 0 Å². The van der Waals surface area contributed by atoms with E-state index in [1.165, 1.54) is 13.0 Å². The molecular formula is C15H31N3S. The molecule has 1 atom stereocenters. The number of rotatable bonds is 6. The Labute approximate surface area is 124 Å². The van der Waals surface area contributed by atoms with Gasteiger partial charge in [0.15, 0.2) is 0 Å². The number of piperazine rings is 1. The van der Waals surface area contributed by atoms with Crippen LogP contribution in [0.25, 0.3) is 0 Å². The minimum atomic E-state index is 0.310. The maximum Gasteiger partial charge on any atom is 0.0902 e. The molecule has 1 saturated heterocycles. The highest BCUT2D eigenvalue weighted by Crippen LogP contribution is 2.20. The van der Waals surface area contributed by atoms with Gasteiger partial charge in [0.1, 0.15) is 0 Å². The zero-order valence-corrected chi connectivity index (χ0v) is 13.9. The Kier molecular flexibility index (Phi) is 6.71. The molecule has 0 radical (unpaired) electrons. The lowest BCUT2D eigenvalue weighted by Gasteiger charge is -2.39. The van der Waals surface area contributed by atoms with Crippen LogP contribution in [0.5, 0.6) is 0 Å². The van der Waals surface area contributed by atoms with Gasteiger partial charge in [-0.3, -0.25) is 4.90 Å². The molecule has 1 fully saturated rings. The number of hydrogen-bond donors (Lipinski definition) is 1. The van der Waals surface area contributed by atoms with Crippen LogP contribution in [0, 0.1) is 5.41 Å². The van der Waals surface area contributed by atoms with Crippen LogP contribution in [0.1, 0.15) is 47.0 Å². The molecule has 1 heterocycles. The van der Waals surface area contributed by atoms with Gasteiger partial charge in [0, 0.05) is 26.2 Å². The van der Waals surface area contributed by atoms with Gasteiger partial charge in [0.25, 0.3) is 0 Å². The van der Waals surface area contributed by atoms with Crippen molar-refractivity contribution < 1.29 is 0 Å². The van der Waals surface area contributed by atoms with E-state index in [-0.39, 0.29) is 0 Å². The summed E-state index contributed by atoms with van der Waals surface area (Å²) in [5, 5.41) is 0. The van der Waals surface area contributed by atoms with Gasteiger partial charge in [0.2, 0.25) is 0 Å². The van der Waals surface area contributed by atoms with E-state index in [1.807, 2.05) is 0 Å². The van der Waals surface area contributed by atoms with E-state index in [1.54, 1.807) is 0 Å². The number of nitrogens with two attached hydrogens (primary N) is 1. The molecule has 0 aromatic rings. The minimum Gasteiger partial charge on any atom is -0.392 e. The van der Waals surface area contributed by atoms with Crippen LogP contribution < -0.4 is 5.73 Å². The van der Waals surface area contributed by atoms with Gasteiger partial charge in [-0.2, -0.15) is 0 Å². The first-order valence-corrected chi connectivity index (χ1v) is 8.00. The smallest absolute Gasteiger partial charge is 0.0902 e. The molecule has 0 spiro atoms. The topological polar surface area (TPSA) is 32.5 Å². The van der Waals surface area contributed by atoms with E-state index in [0.717, 1.165) is 39.0 Å². The SMILES string of the molecule is CCCC(C(N)=S)N1CCN(CCC(C)(C)C)CC1. The van der Waals surface area contributed by atoms with E-state index in [4.69, 9.17) is 18.0 Å². The van der Waals surface area contributed by atoms with Crippen molar-refractivity contribution in [1.82, 2.24) is 9.80 Å². The highest BCUT2D eigenvalue weighted by atomic mass is 32.1. The van der Waals surface area contributed by atoms with Crippen molar-refractivity contribution >= 4 is 17.2 Å². The fourth-order valence-electron chi connectivity index (χ4n) is 2.57. The van der Waals surface area contributed by atoms with Crippen LogP contribution >= 0.6 is 12.2 Å². The zero-order chi connectivity index (χ0) is 14.5. The highest BCUT2D eigenvalue weighted by Gasteiger charge is 2.25. The van der Waals surface area contributed by atoms with Gasteiger partial charge in [-0.05, 0) is 24.8 Å². The Morgan fingerprint density at radius 1 is 1.21 bits per heavy atom. The first kappa shape index (κ1) is 16.9. The van der Waals surface area contributed by atoms with E-state index in [9.17, 15) is 0 Å². The molecule has 0 saturated carbocycles. The molecule has 1 aliphatic heterocycles. The van der Waals surface area contributed by atoms with Crippen LogP contribution in [0.15, 0.2) is 0 Å². The summed E-state index contributed by atoms with van der Waals surface area (Å²) in [7, 11) is 0. The average molecular weight is 286 g/mol. The minimum absolute atomic E-state index is 0.310. The third-order valence-electron chi connectivity index (χ3n) is 3.92. The molecule has 0 aromatic heterocycles. The van der Waals surface area contributed by atoms with E-state index >= 15 is 0 Å². The van der Waals surface area contributed by atoms with Crippen molar-refractivity contribution in [2.45, 2.75) is 53.0 Å². The maximum atomic E-state index is 5.88. The first-order valence-electron chi connectivity index (χ1n) is 7.59. The second-order valence-corrected chi connectivity index (χ2v) is 7.37. The molecule has 1 rings (SSSR count). The fraction of sp³-hybridized carbons (Fsp3) is 0.933. The lowest BCUT2D eigenvalue weighted by molar-refractivity contribution is 0.106. The van der Waals surface area contributed by atoms with E-state index in [2.05, 4.69) is 37.5 Å². The molecule has 1 unspecified atom stereocenters. The molecule has 19 heavy (non-hydrogen) atoms. The predicted octanol–water partition coefficient (Wildman–Crippen LogP) is 2.50. The van der Waals surface area contributed by atoms with E-state index < -0.39 is 0 Å². The Balaban J connectivity index is 2.37. The molecule has 0 amide bonds. The Morgan fingerprint density at radius 2 is 1.79 bits per heavy atom. The molecule has 0 bridgehead atoms. The molecule has 4 heteroatoms. The molecular weight excluding hydrogens is 254 g/mol. The quantitative estimate of drug-likeness (QED) is 0.760. The summed E-state index contributed by atoms with van der Waals surface area (Å²) in [6, 6.07) is 0.310. The number of thiocarbonyl (C=S) groups is 1. The van der Waals surface area contributed by atoms with Crippen LogP contribution in [-0.2, 0) is 0 Å². The lowest BCUT2D eigenvalue weighted by Crippen LogP contribution is -2.53. The predicted molar refractivity (Wildman–Crippen MR) is 87.6 cm³/mol. The van der Waals surface area contributed by atoms with Gasteiger partial charge < -0.3 is 10.6 Å². The summed E-state index contributed by atoms with van der Waals surface area (Å²) in [6.07, 6.45) is 3.50. The highest BCUT2D eigenvalue weighted by molar-refractivity contribution is 7.80. The maximum absolute atomic E-state index is 5.88. The summed E-state index contributed by atoms with van der Waals surface area (Å²) in [5.41, 5.74) is 6.31. The van der Waals surface area contributed by atoms with Gasteiger partial charge in [-0.25, -0.2) is 0 Å². The van der Waals surface area contributed by atoms with Crippen LogP contribution in [-0.4, -0.2) is 53.6 Å². The molecule has 1 aliphatic rings. The summed E-state index contributed by atoms with van der Waals surface area (Å²) >= 11 is 5.22. The van der Waals surface area contributed by atoms with Crippen molar-refractivity contribution in [2.75, 3.05) is 32.7 Å². The van der Waals surface area contributed by atoms with Crippen molar-refractivity contribution in [1.29, 1.82) is 0 Å². The second kappa shape index (κ2) is 7.55. The summed E-state index contributed by atoms with van der Waals surface area (Å²) in [6.45, 7) is 14.9. The largest absolute Gasteiger partial charge is 0.392 e. The Bertz CT molecular complexity index is 278. The third-order valence-corrected chi connectivity index (χ3v) is 4.19. The number of nitrogens with zero attached hydrogens (tertiary/aromatic N) is 2. The standard InChI is InChI=1S/C15H31N3S/c1-5-6-13(14(16)19)18-11-9-17(10-12-18)8-7-15(2,3)4/h13H,5-12H2,1-4H3,(H2,16,19). The van der Waals surface area contributed by atoms with Crippen molar-refractivity contribution in [2.24, 2.45) is 11.1 Å². The van der Waals surface area contributed by atoms with Crippen molar-refractivity contribution in [3.8, 4) is 0 Å². The molecule has 112 valence electrons. The second-order valence-electron chi connectivity index (χ2n) is 6.90. The van der Waals surface area contributed by atoms with Gasteiger partial charge in [0.05, 0.1) is 11.0 Å². The van der Waals surface area contributed by atoms with Gasteiger partial charge in [-0.15, -0.1) is 0 Å².